The van der Waals surface area contributed by atoms with Crippen molar-refractivity contribution < 1.29 is 9.59 Å². The molecule has 0 spiro atoms. The van der Waals surface area contributed by atoms with E-state index < -0.39 is 0 Å². The van der Waals surface area contributed by atoms with Crippen LogP contribution in [0.4, 0.5) is 5.69 Å². The largest absolute Gasteiger partial charge is 0.350 e. The number of H-pyrrole nitrogens is 1. The lowest BCUT2D eigenvalue weighted by molar-refractivity contribution is -0.119. The fourth-order valence-corrected chi connectivity index (χ4v) is 5.24. The molecule has 3 aliphatic rings. The van der Waals surface area contributed by atoms with Crippen molar-refractivity contribution in [3.63, 3.8) is 0 Å². The Hall–Kier alpha value is -3.15. The molecule has 1 aromatic heterocycles. The van der Waals surface area contributed by atoms with Crippen LogP contribution in [0.1, 0.15) is 70.0 Å². The number of aromatic amines is 1. The monoisotopic (exact) mass is 444 g/mol. The lowest BCUT2D eigenvalue weighted by Crippen LogP contribution is -2.33. The zero-order chi connectivity index (χ0) is 22.8. The van der Waals surface area contributed by atoms with Gasteiger partial charge in [-0.3, -0.25) is 9.59 Å². The summed E-state index contributed by atoms with van der Waals surface area (Å²) in [5.41, 5.74) is 5.49. The maximum absolute atomic E-state index is 12.7. The Balaban J connectivity index is 1.27. The number of fused-ring (bicyclic) bond motifs is 1. The summed E-state index contributed by atoms with van der Waals surface area (Å²) in [6, 6.07) is 6.11. The first-order valence-corrected chi connectivity index (χ1v) is 12.3. The molecule has 0 saturated heterocycles. The molecule has 1 unspecified atom stereocenters. The number of hydrogen-bond acceptors (Lipinski definition) is 3. The van der Waals surface area contributed by atoms with Crippen LogP contribution in [0.5, 0.6) is 0 Å². The van der Waals surface area contributed by atoms with E-state index >= 15 is 0 Å². The number of nitrogens with zero attached hydrogens (tertiary/aromatic N) is 1. The van der Waals surface area contributed by atoms with Gasteiger partial charge >= 0.3 is 0 Å². The summed E-state index contributed by atoms with van der Waals surface area (Å²) in [6.45, 7) is 4.09. The number of aromatic nitrogens is 2. The number of hydrogen-bond donors (Lipinski definition) is 3. The van der Waals surface area contributed by atoms with Gasteiger partial charge in [0.15, 0.2) is 0 Å². The maximum Gasteiger partial charge on any atom is 0.247 e. The van der Waals surface area contributed by atoms with Gasteiger partial charge in [0.1, 0.15) is 5.82 Å². The van der Waals surface area contributed by atoms with E-state index in [1.165, 1.54) is 12.8 Å². The second kappa shape index (κ2) is 9.38. The van der Waals surface area contributed by atoms with E-state index in [4.69, 9.17) is 4.98 Å². The molecule has 5 rings (SSSR count). The zero-order valence-electron chi connectivity index (χ0n) is 19.1. The number of anilines is 1. The standard InChI is InChI=1S/C27H32N4O2/c1-17-6-2-5-9-22(17)27(33)29-21-14-15-23-24(16-21)31-25(30-23)18-10-12-19(13-11-18)26(32)28-20-7-3-4-8-20/h10,12,14-16,20,22H,1-9,11,13H2,(H,28,32)(H,29,33)(H,30,31). The summed E-state index contributed by atoms with van der Waals surface area (Å²) < 4.78 is 0. The van der Waals surface area contributed by atoms with Gasteiger partial charge in [0, 0.05) is 17.3 Å². The smallest absolute Gasteiger partial charge is 0.247 e. The van der Waals surface area contributed by atoms with Gasteiger partial charge in [0.05, 0.1) is 17.0 Å². The minimum absolute atomic E-state index is 0.0299. The highest BCUT2D eigenvalue weighted by atomic mass is 16.2. The Morgan fingerprint density at radius 3 is 2.58 bits per heavy atom. The van der Waals surface area contributed by atoms with Gasteiger partial charge < -0.3 is 15.6 Å². The molecule has 1 heterocycles. The zero-order valence-corrected chi connectivity index (χ0v) is 19.1. The van der Waals surface area contributed by atoms with Gasteiger partial charge in [-0.25, -0.2) is 4.98 Å². The fourth-order valence-electron chi connectivity index (χ4n) is 5.24. The number of allylic oxidation sites excluding steroid dienone is 3. The van der Waals surface area contributed by atoms with Crippen molar-refractivity contribution in [2.75, 3.05) is 5.32 Å². The first-order chi connectivity index (χ1) is 16.1. The number of carbonyl (C=O) groups is 2. The number of imidazole rings is 1. The van der Waals surface area contributed by atoms with Gasteiger partial charge in [-0.1, -0.05) is 43.6 Å². The summed E-state index contributed by atoms with van der Waals surface area (Å²) in [5.74, 6) is 0.830. The average Bonchev–Trinajstić information content (AvgIpc) is 3.49. The molecule has 0 bridgehead atoms. The minimum Gasteiger partial charge on any atom is -0.350 e. The van der Waals surface area contributed by atoms with Gasteiger partial charge in [0.25, 0.3) is 0 Å². The van der Waals surface area contributed by atoms with Gasteiger partial charge in [0.2, 0.25) is 11.8 Å². The summed E-state index contributed by atoms with van der Waals surface area (Å²) in [7, 11) is 0. The van der Waals surface area contributed by atoms with Gasteiger partial charge in [-0.05, 0) is 68.7 Å². The molecule has 0 radical (unpaired) electrons. The highest BCUT2D eigenvalue weighted by Gasteiger charge is 2.25. The predicted molar refractivity (Wildman–Crippen MR) is 132 cm³/mol. The van der Waals surface area contributed by atoms with Crippen LogP contribution in [0.15, 0.2) is 48.1 Å². The van der Waals surface area contributed by atoms with Crippen LogP contribution in [0, 0.1) is 5.92 Å². The lowest BCUT2D eigenvalue weighted by Gasteiger charge is -2.23. The molecule has 2 fully saturated rings. The molecular formula is C27H32N4O2. The third kappa shape index (κ3) is 4.80. The van der Waals surface area contributed by atoms with Crippen molar-refractivity contribution in [3.05, 3.63) is 53.9 Å². The highest BCUT2D eigenvalue weighted by Crippen LogP contribution is 2.31. The molecule has 6 nitrogen and oxygen atoms in total. The van der Waals surface area contributed by atoms with E-state index in [-0.39, 0.29) is 17.7 Å². The van der Waals surface area contributed by atoms with Crippen LogP contribution in [-0.2, 0) is 9.59 Å². The summed E-state index contributed by atoms with van der Waals surface area (Å²) in [6.07, 6.45) is 14.1. The maximum atomic E-state index is 12.7. The lowest BCUT2D eigenvalue weighted by atomic mass is 9.84. The van der Waals surface area contributed by atoms with Crippen molar-refractivity contribution >= 4 is 34.1 Å². The number of benzene rings is 1. The number of nitrogens with one attached hydrogen (secondary N) is 3. The Kier molecular flexibility index (Phi) is 6.16. The normalized spacial score (nSPS) is 21.6. The molecule has 172 valence electrons. The van der Waals surface area contributed by atoms with Crippen molar-refractivity contribution in [3.8, 4) is 0 Å². The molecule has 1 aromatic carbocycles. The van der Waals surface area contributed by atoms with Crippen molar-refractivity contribution in [2.45, 2.75) is 70.3 Å². The minimum atomic E-state index is -0.0916. The molecule has 1 atom stereocenters. The fraction of sp³-hybridized carbons (Fsp3) is 0.444. The van der Waals surface area contributed by atoms with Crippen LogP contribution < -0.4 is 10.6 Å². The Labute approximate surface area is 194 Å². The van der Waals surface area contributed by atoms with Crippen LogP contribution in [0.2, 0.25) is 0 Å². The van der Waals surface area contributed by atoms with E-state index in [0.717, 1.165) is 84.2 Å². The van der Waals surface area contributed by atoms with Crippen LogP contribution in [0.25, 0.3) is 16.6 Å². The Morgan fingerprint density at radius 2 is 1.82 bits per heavy atom. The van der Waals surface area contributed by atoms with Crippen LogP contribution >= 0.6 is 0 Å². The third-order valence-corrected chi connectivity index (χ3v) is 7.23. The second-order valence-corrected chi connectivity index (χ2v) is 9.60. The summed E-state index contributed by atoms with van der Waals surface area (Å²) in [5, 5.41) is 6.23. The summed E-state index contributed by atoms with van der Waals surface area (Å²) in [4.78, 5) is 33.4. The van der Waals surface area contributed by atoms with E-state index in [1.807, 2.05) is 30.4 Å². The number of carbonyl (C=O) groups excluding carboxylic acids is 2. The molecule has 33 heavy (non-hydrogen) atoms. The Morgan fingerprint density at radius 1 is 1.00 bits per heavy atom. The molecule has 2 amide bonds. The quantitative estimate of drug-likeness (QED) is 0.539. The molecule has 0 aliphatic heterocycles. The number of rotatable bonds is 5. The molecule has 2 saturated carbocycles. The summed E-state index contributed by atoms with van der Waals surface area (Å²) >= 11 is 0. The van der Waals surface area contributed by atoms with Gasteiger partial charge in [-0.2, -0.15) is 0 Å². The average molecular weight is 445 g/mol. The molecule has 6 heteroatoms. The van der Waals surface area contributed by atoms with Crippen molar-refractivity contribution in [1.29, 1.82) is 0 Å². The van der Waals surface area contributed by atoms with Crippen LogP contribution in [-0.4, -0.2) is 27.8 Å². The predicted octanol–water partition coefficient (Wildman–Crippen LogP) is 5.41. The van der Waals surface area contributed by atoms with Crippen molar-refractivity contribution in [2.24, 2.45) is 5.92 Å². The third-order valence-electron chi connectivity index (χ3n) is 7.23. The molecule has 3 N–H and O–H groups in total. The first kappa shape index (κ1) is 21.7. The van der Waals surface area contributed by atoms with E-state index in [2.05, 4.69) is 22.2 Å². The molecule has 3 aliphatic carbocycles. The highest BCUT2D eigenvalue weighted by molar-refractivity contribution is 5.97. The molecular weight excluding hydrogens is 412 g/mol. The van der Waals surface area contributed by atoms with Gasteiger partial charge in [-0.15, -0.1) is 0 Å². The van der Waals surface area contributed by atoms with Crippen LogP contribution in [0.3, 0.4) is 0 Å². The van der Waals surface area contributed by atoms with E-state index in [9.17, 15) is 9.59 Å². The number of amides is 2. The second-order valence-electron chi connectivity index (χ2n) is 9.60. The SMILES string of the molecule is C=C1CCCCC1C(=O)Nc1ccc2nc(C3=CC=C(C(=O)NC4CCCC4)CC3)[nH]c2c1. The molecule has 2 aromatic rings. The Bertz CT molecular complexity index is 1150. The van der Waals surface area contributed by atoms with E-state index in [0.29, 0.717) is 12.5 Å². The van der Waals surface area contributed by atoms with Crippen molar-refractivity contribution in [1.82, 2.24) is 15.3 Å². The first-order valence-electron chi connectivity index (χ1n) is 12.3. The topological polar surface area (TPSA) is 86.9 Å². The van der Waals surface area contributed by atoms with E-state index in [1.54, 1.807) is 0 Å².